The van der Waals surface area contributed by atoms with Crippen LogP contribution in [0.3, 0.4) is 0 Å². The summed E-state index contributed by atoms with van der Waals surface area (Å²) in [7, 11) is 1.17. The number of rotatable bonds is 67. The van der Waals surface area contributed by atoms with Crippen LogP contribution in [0.1, 0.15) is 322 Å². The highest BCUT2D eigenvalue weighted by Crippen LogP contribution is 2.38. The van der Waals surface area contributed by atoms with Gasteiger partial charge in [0, 0.05) is 12.8 Å². The minimum Gasteiger partial charge on any atom is -0.756 e. The van der Waals surface area contributed by atoms with E-state index in [2.05, 4.69) is 123 Å². The molecule has 88 heavy (non-hydrogen) atoms. The van der Waals surface area contributed by atoms with E-state index in [4.69, 9.17) is 18.5 Å². The van der Waals surface area contributed by atoms with Gasteiger partial charge in [0.25, 0.3) is 7.82 Å². The van der Waals surface area contributed by atoms with Crippen molar-refractivity contribution in [2.24, 2.45) is 0 Å². The Labute approximate surface area is 544 Å². The molecule has 0 N–H and O–H groups in total. The molecule has 9 nitrogen and oxygen atoms in total. The molecule has 0 aliphatic rings. The van der Waals surface area contributed by atoms with Gasteiger partial charge in [-0.3, -0.25) is 14.2 Å². The molecular weight excluding hydrogens is 1110 g/mol. The molecule has 0 aliphatic carbocycles. The third-order valence-electron chi connectivity index (χ3n) is 15.8. The Morgan fingerprint density at radius 3 is 0.966 bits per heavy atom. The highest BCUT2D eigenvalue weighted by molar-refractivity contribution is 7.45. The third kappa shape index (κ3) is 71.7. The van der Waals surface area contributed by atoms with Crippen LogP contribution in [0, 0.1) is 0 Å². The van der Waals surface area contributed by atoms with Gasteiger partial charge in [-0.2, -0.15) is 0 Å². The van der Waals surface area contributed by atoms with E-state index in [-0.39, 0.29) is 32.0 Å². The van der Waals surface area contributed by atoms with Crippen molar-refractivity contribution in [3.8, 4) is 0 Å². The van der Waals surface area contributed by atoms with E-state index in [1.807, 2.05) is 21.1 Å². The molecule has 0 rings (SSSR count). The summed E-state index contributed by atoms with van der Waals surface area (Å²) in [5, 5.41) is 0. The summed E-state index contributed by atoms with van der Waals surface area (Å²) in [5.74, 6) is -0.827. The maximum Gasteiger partial charge on any atom is 0.306 e. The number of unbranched alkanes of at least 4 members (excludes halogenated alkanes) is 35. The van der Waals surface area contributed by atoms with E-state index in [0.29, 0.717) is 17.4 Å². The van der Waals surface area contributed by atoms with Crippen LogP contribution < -0.4 is 4.89 Å². The van der Waals surface area contributed by atoms with Crippen LogP contribution in [0.5, 0.6) is 0 Å². The average molecular weight is 1250 g/mol. The molecule has 0 aromatic carbocycles. The van der Waals surface area contributed by atoms with E-state index < -0.39 is 26.5 Å². The van der Waals surface area contributed by atoms with Gasteiger partial charge >= 0.3 is 11.9 Å². The first-order valence-electron chi connectivity index (χ1n) is 36.6. The zero-order valence-electron chi connectivity index (χ0n) is 57.9. The second-order valence-corrected chi connectivity index (χ2v) is 27.0. The number of esters is 2. The Bertz CT molecular complexity index is 1850. The summed E-state index contributed by atoms with van der Waals surface area (Å²) in [6, 6.07) is 0. The molecule has 0 saturated heterocycles. The molecule has 2 atom stereocenters. The number of nitrogens with zero attached hydrogens (tertiary/aromatic N) is 1. The summed E-state index contributed by atoms with van der Waals surface area (Å²) >= 11 is 0. The number of carbonyl (C=O) groups excluding carboxylic acids is 2. The zero-order chi connectivity index (χ0) is 64.1. The monoisotopic (exact) mass is 1250 g/mol. The first-order chi connectivity index (χ1) is 43.0. The molecule has 0 radical (unpaired) electrons. The van der Waals surface area contributed by atoms with Crippen LogP contribution in [0.15, 0.2) is 109 Å². The van der Waals surface area contributed by atoms with Gasteiger partial charge in [0.2, 0.25) is 0 Å². The maximum atomic E-state index is 12.9. The summed E-state index contributed by atoms with van der Waals surface area (Å²) in [6.07, 6.45) is 96.0. The lowest BCUT2D eigenvalue weighted by Crippen LogP contribution is -2.37. The number of hydrogen-bond acceptors (Lipinski definition) is 8. The van der Waals surface area contributed by atoms with Gasteiger partial charge in [-0.1, -0.05) is 335 Å². The second kappa shape index (κ2) is 68.0. The quantitative estimate of drug-likeness (QED) is 0.0195. The number of quaternary nitrogens is 1. The predicted molar refractivity (Wildman–Crippen MR) is 378 cm³/mol. The van der Waals surface area contributed by atoms with E-state index >= 15 is 0 Å². The van der Waals surface area contributed by atoms with Gasteiger partial charge in [0.1, 0.15) is 19.8 Å². The van der Waals surface area contributed by atoms with Gasteiger partial charge in [-0.25, -0.2) is 0 Å². The molecule has 0 amide bonds. The number of hydrogen-bond donors (Lipinski definition) is 0. The minimum absolute atomic E-state index is 0.0336. The molecule has 0 spiro atoms. The van der Waals surface area contributed by atoms with Crippen LogP contribution >= 0.6 is 7.82 Å². The van der Waals surface area contributed by atoms with Crippen molar-refractivity contribution in [3.05, 3.63) is 109 Å². The number of carbonyl (C=O) groups is 2. The fourth-order valence-electron chi connectivity index (χ4n) is 10.2. The van der Waals surface area contributed by atoms with Crippen molar-refractivity contribution in [1.82, 2.24) is 0 Å². The molecule has 0 aliphatic heterocycles. The first-order valence-corrected chi connectivity index (χ1v) is 38.1. The maximum absolute atomic E-state index is 12.9. The van der Waals surface area contributed by atoms with Gasteiger partial charge in [0.05, 0.1) is 27.7 Å². The van der Waals surface area contributed by atoms with Crippen molar-refractivity contribution in [1.29, 1.82) is 0 Å². The Morgan fingerprint density at radius 2 is 0.648 bits per heavy atom. The van der Waals surface area contributed by atoms with Crippen molar-refractivity contribution >= 4 is 19.8 Å². The smallest absolute Gasteiger partial charge is 0.306 e. The van der Waals surface area contributed by atoms with Crippen LogP contribution in [0.4, 0.5) is 0 Å². The van der Waals surface area contributed by atoms with Crippen molar-refractivity contribution in [3.63, 3.8) is 0 Å². The molecule has 0 fully saturated rings. The molecule has 0 aromatic heterocycles. The van der Waals surface area contributed by atoms with Gasteiger partial charge < -0.3 is 27.9 Å². The van der Waals surface area contributed by atoms with E-state index in [9.17, 15) is 19.0 Å². The normalized spacial score (nSPS) is 13.8. The summed E-state index contributed by atoms with van der Waals surface area (Å²) < 4.78 is 34.3. The lowest BCUT2D eigenvalue weighted by atomic mass is 10.0. The third-order valence-corrected chi connectivity index (χ3v) is 16.8. The highest BCUT2D eigenvalue weighted by atomic mass is 31.2. The minimum atomic E-state index is -4.65. The van der Waals surface area contributed by atoms with Crippen LogP contribution in [0.25, 0.3) is 0 Å². The Morgan fingerprint density at radius 1 is 0.364 bits per heavy atom. The molecule has 10 heteroatoms. The highest BCUT2D eigenvalue weighted by Gasteiger charge is 2.22. The molecule has 508 valence electrons. The number of ether oxygens (including phenoxy) is 2. The zero-order valence-corrected chi connectivity index (χ0v) is 58.8. The average Bonchev–Trinajstić information content (AvgIpc) is 3.68. The first kappa shape index (κ1) is 84.7. The molecule has 0 saturated carbocycles. The number of phosphoric ester groups is 1. The standard InChI is InChI=1S/C78H138NO8P/c1-6-8-10-12-14-16-18-20-22-24-26-28-30-32-33-34-35-36-37-38-39-40-41-42-43-44-45-47-49-51-53-55-57-59-61-63-65-67-69-71-78(81)87-76(75-86-88(82,83)85-73-72-79(3,4)5)74-84-77(80)70-68-66-64-62-60-58-56-54-52-50-48-46-31-29-27-25-23-21-19-17-15-13-11-9-7-2/h8,10,14,16,20,22,26,28,32-33,35-36,38-39,41-42,44-45,76H,6-7,9,11-13,15,17-19,21,23-25,27,29-31,34,37,40,43,46-75H2,1-5H3/b10-8-,16-14-,22-20-,28-26-,33-32-,36-35-,39-38-,42-41-,45-44-. The van der Waals surface area contributed by atoms with E-state index in [1.54, 1.807) is 0 Å². The second-order valence-electron chi connectivity index (χ2n) is 25.6. The fraction of sp³-hybridized carbons (Fsp3) is 0.744. The Hall–Kier alpha value is -3.33. The van der Waals surface area contributed by atoms with Crippen LogP contribution in [0.2, 0.25) is 0 Å². The molecule has 0 heterocycles. The van der Waals surface area contributed by atoms with Crippen molar-refractivity contribution < 1.29 is 42.1 Å². The van der Waals surface area contributed by atoms with Gasteiger partial charge in [-0.15, -0.1) is 0 Å². The lowest BCUT2D eigenvalue weighted by molar-refractivity contribution is -0.870. The number of likely N-dealkylation sites (N-methyl/N-ethyl adjacent to an activating group) is 1. The molecule has 0 bridgehead atoms. The van der Waals surface area contributed by atoms with Gasteiger partial charge in [0.15, 0.2) is 6.10 Å². The van der Waals surface area contributed by atoms with E-state index in [0.717, 1.165) is 103 Å². The summed E-state index contributed by atoms with van der Waals surface area (Å²) in [4.78, 5) is 38.1. The molecular formula is C78H138NO8P. The number of phosphoric acid groups is 1. The van der Waals surface area contributed by atoms with E-state index in [1.165, 1.54) is 186 Å². The van der Waals surface area contributed by atoms with Crippen LogP contribution in [-0.4, -0.2) is 70.0 Å². The number of allylic oxidation sites excluding steroid dienone is 18. The summed E-state index contributed by atoms with van der Waals surface area (Å²) in [6.45, 7) is 4.16. The SMILES string of the molecule is CC/C=C\C/C=C\C/C=C\C/C=C\C/C=C\C/C=C\C/C=C\C/C=C\C/C=C\CCCCCCCCCCCCCC(=O)OC(COC(=O)CCCCCCCCCCCCCCCCCCCCCCCCCCC)COP(=O)([O-])OCC[N+](C)(C)C. The van der Waals surface area contributed by atoms with Crippen molar-refractivity contribution in [2.45, 2.75) is 328 Å². The summed E-state index contributed by atoms with van der Waals surface area (Å²) in [5.41, 5.74) is 0. The largest absolute Gasteiger partial charge is 0.756 e. The molecule has 2 unspecified atom stereocenters. The Balaban J connectivity index is 4.05. The van der Waals surface area contributed by atoms with Gasteiger partial charge in [-0.05, 0) is 83.5 Å². The lowest BCUT2D eigenvalue weighted by Gasteiger charge is -2.28. The van der Waals surface area contributed by atoms with Crippen molar-refractivity contribution in [2.75, 3.05) is 47.5 Å². The topological polar surface area (TPSA) is 111 Å². The predicted octanol–water partition coefficient (Wildman–Crippen LogP) is 23.4. The fourth-order valence-corrected chi connectivity index (χ4v) is 11.0. The van der Waals surface area contributed by atoms with Crippen LogP contribution in [-0.2, 0) is 32.7 Å². The Kier molecular flexibility index (Phi) is 65.5. The molecule has 0 aromatic rings.